The van der Waals surface area contributed by atoms with E-state index in [1.54, 1.807) is 0 Å². The minimum Gasteiger partial charge on any atom is -0.395 e. The Morgan fingerprint density at radius 3 is 2.45 bits per heavy atom. The lowest BCUT2D eigenvalue weighted by atomic mass is 10.2. The Balaban J connectivity index is 2.66. The lowest BCUT2D eigenvalue weighted by Crippen LogP contribution is -2.30. The van der Waals surface area contributed by atoms with E-state index in [4.69, 9.17) is 21.8 Å². The van der Waals surface area contributed by atoms with Crippen LogP contribution in [0.1, 0.15) is 0 Å². The van der Waals surface area contributed by atoms with Crippen molar-refractivity contribution in [1.29, 1.82) is 0 Å². The lowest BCUT2D eigenvalue weighted by Gasteiger charge is -2.22. The summed E-state index contributed by atoms with van der Waals surface area (Å²) >= 11 is 5.99. The number of hydrogen-bond donors (Lipinski definition) is 2. The smallest absolute Gasteiger partial charge is 0.323 e. The molecule has 9 nitrogen and oxygen atoms in total. The van der Waals surface area contributed by atoms with Crippen LogP contribution in [0.3, 0.4) is 0 Å². The monoisotopic (exact) mass is 302 g/mol. The number of hydrogen-bond acceptors (Lipinski definition) is 8. The first-order valence-electron chi connectivity index (χ1n) is 5.66. The highest BCUT2D eigenvalue weighted by molar-refractivity contribution is 6.35. The summed E-state index contributed by atoms with van der Waals surface area (Å²) in [6.45, 7) is -0.253. The molecular formula is C10H11ClN4O5. The van der Waals surface area contributed by atoms with Gasteiger partial charge in [-0.2, -0.15) is 0 Å². The molecule has 0 unspecified atom stereocenters. The quantitative estimate of drug-likeness (QED) is 0.586. The summed E-state index contributed by atoms with van der Waals surface area (Å²) in [5, 5.41) is 36.5. The molecule has 20 heavy (non-hydrogen) atoms. The van der Waals surface area contributed by atoms with Crippen molar-refractivity contribution in [2.45, 2.75) is 0 Å². The molecule has 0 bridgehead atoms. The van der Waals surface area contributed by atoms with Crippen molar-refractivity contribution < 1.29 is 19.8 Å². The van der Waals surface area contributed by atoms with Gasteiger partial charge in [-0.3, -0.25) is 10.1 Å². The third-order valence-electron chi connectivity index (χ3n) is 2.71. The van der Waals surface area contributed by atoms with Gasteiger partial charge < -0.3 is 15.1 Å². The van der Waals surface area contributed by atoms with Gasteiger partial charge in [0.15, 0.2) is 5.52 Å². The van der Waals surface area contributed by atoms with Crippen LogP contribution < -0.4 is 4.90 Å². The third kappa shape index (κ3) is 2.50. The minimum atomic E-state index is -0.625. The average Bonchev–Trinajstić information content (AvgIpc) is 2.87. The molecule has 0 atom stereocenters. The van der Waals surface area contributed by atoms with Crippen molar-refractivity contribution >= 4 is 34.0 Å². The highest BCUT2D eigenvalue weighted by Gasteiger charge is 2.28. The molecule has 1 heterocycles. The molecule has 10 heteroatoms. The fourth-order valence-electron chi connectivity index (χ4n) is 1.89. The number of aliphatic hydroxyl groups is 2. The predicted octanol–water partition coefficient (Wildman–Crippen LogP) is 0.575. The summed E-state index contributed by atoms with van der Waals surface area (Å²) < 4.78 is 4.49. The van der Waals surface area contributed by atoms with Crippen LogP contribution in [0.5, 0.6) is 0 Å². The van der Waals surface area contributed by atoms with Gasteiger partial charge in [0.25, 0.3) is 0 Å². The fraction of sp³-hybridized carbons (Fsp3) is 0.400. The maximum atomic E-state index is 11.3. The Bertz CT molecular complexity index is 625. The van der Waals surface area contributed by atoms with Crippen molar-refractivity contribution in [3.8, 4) is 0 Å². The maximum Gasteiger partial charge on any atom is 0.323 e. The van der Waals surface area contributed by atoms with E-state index >= 15 is 0 Å². The molecule has 0 saturated carbocycles. The van der Waals surface area contributed by atoms with Gasteiger partial charge in [0.1, 0.15) is 5.69 Å². The molecule has 0 amide bonds. The van der Waals surface area contributed by atoms with Crippen LogP contribution >= 0.6 is 11.6 Å². The highest BCUT2D eigenvalue weighted by Crippen LogP contribution is 2.38. The molecule has 0 aliphatic rings. The highest BCUT2D eigenvalue weighted by atomic mass is 35.5. The van der Waals surface area contributed by atoms with Crippen LogP contribution in [0.2, 0.25) is 5.02 Å². The van der Waals surface area contributed by atoms with E-state index in [0.717, 1.165) is 0 Å². The summed E-state index contributed by atoms with van der Waals surface area (Å²) in [6, 6.07) is 1.34. The van der Waals surface area contributed by atoms with Crippen molar-refractivity contribution in [3.63, 3.8) is 0 Å². The first-order valence-corrected chi connectivity index (χ1v) is 6.03. The van der Waals surface area contributed by atoms with Gasteiger partial charge in [0.2, 0.25) is 5.52 Å². The van der Waals surface area contributed by atoms with E-state index in [0.29, 0.717) is 0 Å². The normalized spacial score (nSPS) is 10.9. The number of nitrogens with zero attached hydrogens (tertiary/aromatic N) is 4. The van der Waals surface area contributed by atoms with Gasteiger partial charge in [0.05, 0.1) is 23.2 Å². The fourth-order valence-corrected chi connectivity index (χ4v) is 2.12. The van der Waals surface area contributed by atoms with E-state index in [2.05, 4.69) is 14.9 Å². The third-order valence-corrected chi connectivity index (χ3v) is 3.00. The summed E-state index contributed by atoms with van der Waals surface area (Å²) in [5.41, 5.74) is -0.160. The summed E-state index contributed by atoms with van der Waals surface area (Å²) in [5.74, 6) is 0. The second-order valence-corrected chi connectivity index (χ2v) is 4.29. The summed E-state index contributed by atoms with van der Waals surface area (Å²) in [7, 11) is 0. The molecule has 2 rings (SSSR count). The zero-order valence-electron chi connectivity index (χ0n) is 10.2. The second-order valence-electron chi connectivity index (χ2n) is 3.88. The zero-order chi connectivity index (χ0) is 14.7. The van der Waals surface area contributed by atoms with Crippen molar-refractivity contribution in [1.82, 2.24) is 10.3 Å². The molecule has 1 aromatic heterocycles. The average molecular weight is 303 g/mol. The summed E-state index contributed by atoms with van der Waals surface area (Å²) in [6.07, 6.45) is 0. The number of aliphatic hydroxyl groups excluding tert-OH is 2. The van der Waals surface area contributed by atoms with Crippen LogP contribution in [-0.2, 0) is 0 Å². The second kappa shape index (κ2) is 5.99. The van der Waals surface area contributed by atoms with Gasteiger partial charge in [-0.05, 0) is 16.4 Å². The molecule has 1 aromatic carbocycles. The van der Waals surface area contributed by atoms with Gasteiger partial charge in [-0.15, -0.1) is 0 Å². The van der Waals surface area contributed by atoms with E-state index in [-0.39, 0.29) is 53.7 Å². The number of aromatic nitrogens is 2. The van der Waals surface area contributed by atoms with Gasteiger partial charge in [-0.1, -0.05) is 11.6 Å². The molecular weight excluding hydrogens is 292 g/mol. The zero-order valence-corrected chi connectivity index (χ0v) is 10.9. The molecule has 0 aliphatic heterocycles. The SMILES string of the molecule is O=[N+]([O-])c1c(N(CCO)CCO)cc(Cl)c2nonc12. The van der Waals surface area contributed by atoms with Gasteiger partial charge in [-0.25, -0.2) is 4.63 Å². The Labute approximate surface area is 117 Å². The van der Waals surface area contributed by atoms with Crippen LogP contribution in [0.25, 0.3) is 11.0 Å². The largest absolute Gasteiger partial charge is 0.395 e. The topological polar surface area (TPSA) is 126 Å². The molecule has 0 radical (unpaired) electrons. The molecule has 0 spiro atoms. The number of nitro benzene ring substituents is 1. The Hall–Kier alpha value is -1.97. The molecule has 0 saturated heterocycles. The number of anilines is 1. The maximum absolute atomic E-state index is 11.3. The first kappa shape index (κ1) is 14.4. The summed E-state index contributed by atoms with van der Waals surface area (Å²) in [4.78, 5) is 12.1. The number of benzene rings is 1. The van der Waals surface area contributed by atoms with E-state index in [9.17, 15) is 10.1 Å². The van der Waals surface area contributed by atoms with E-state index < -0.39 is 4.92 Å². The first-order chi connectivity index (χ1) is 9.60. The van der Waals surface area contributed by atoms with Crippen molar-refractivity contribution in [2.75, 3.05) is 31.2 Å². The van der Waals surface area contributed by atoms with Crippen LogP contribution in [0.4, 0.5) is 11.4 Å². The van der Waals surface area contributed by atoms with E-state index in [1.165, 1.54) is 11.0 Å². The number of fused-ring (bicyclic) bond motifs is 1. The predicted molar refractivity (Wildman–Crippen MR) is 69.9 cm³/mol. The Morgan fingerprint density at radius 1 is 1.30 bits per heavy atom. The van der Waals surface area contributed by atoms with Gasteiger partial charge in [0, 0.05) is 13.1 Å². The molecule has 0 aliphatic carbocycles. The van der Waals surface area contributed by atoms with E-state index in [1.807, 2.05) is 0 Å². The number of nitro groups is 1. The minimum absolute atomic E-state index is 0.0709. The van der Waals surface area contributed by atoms with Crippen molar-refractivity contribution in [3.05, 3.63) is 21.2 Å². The Kier molecular flexibility index (Phi) is 4.32. The van der Waals surface area contributed by atoms with Crippen LogP contribution in [0.15, 0.2) is 10.7 Å². The standard InChI is InChI=1S/C10H11ClN4O5/c11-6-5-7(14(1-3-16)2-4-17)10(15(18)19)9-8(6)12-20-13-9/h5,16-17H,1-4H2. The van der Waals surface area contributed by atoms with Crippen molar-refractivity contribution in [2.24, 2.45) is 0 Å². The molecule has 0 fully saturated rings. The Morgan fingerprint density at radius 2 is 1.90 bits per heavy atom. The number of halogens is 1. The van der Waals surface area contributed by atoms with Crippen LogP contribution in [-0.4, -0.2) is 51.8 Å². The molecule has 2 N–H and O–H groups in total. The van der Waals surface area contributed by atoms with Crippen LogP contribution in [0, 0.1) is 10.1 Å². The molecule has 108 valence electrons. The molecule has 2 aromatic rings. The number of rotatable bonds is 6. The lowest BCUT2D eigenvalue weighted by molar-refractivity contribution is -0.382. The van der Waals surface area contributed by atoms with Gasteiger partial charge >= 0.3 is 5.69 Å².